The molecule has 2 aromatic rings. The molecule has 2 aromatic heterocycles. The van der Waals surface area contributed by atoms with Crippen molar-refractivity contribution in [3.05, 3.63) is 34.9 Å². The third-order valence-electron chi connectivity index (χ3n) is 3.37. The summed E-state index contributed by atoms with van der Waals surface area (Å²) in [5.41, 5.74) is 7.72. The Labute approximate surface area is 99.2 Å². The second kappa shape index (κ2) is 3.75. The van der Waals surface area contributed by atoms with Crippen LogP contribution in [0.5, 0.6) is 0 Å². The molecule has 0 atom stereocenters. The van der Waals surface area contributed by atoms with Gasteiger partial charge >= 0.3 is 0 Å². The molecule has 0 aliphatic heterocycles. The fourth-order valence-electron chi connectivity index (χ4n) is 2.25. The Morgan fingerprint density at radius 2 is 2.31 bits per heavy atom. The van der Waals surface area contributed by atoms with E-state index in [1.54, 1.807) is 0 Å². The summed E-state index contributed by atoms with van der Waals surface area (Å²) in [6, 6.07) is 3.84. The Kier molecular flexibility index (Phi) is 2.37. The van der Waals surface area contributed by atoms with E-state index in [2.05, 4.69) is 9.38 Å². The van der Waals surface area contributed by atoms with Gasteiger partial charge in [0.1, 0.15) is 5.82 Å². The smallest absolute Gasteiger partial charge is 0.116 e. The van der Waals surface area contributed by atoms with Gasteiger partial charge in [-0.1, -0.05) is 18.0 Å². The Morgan fingerprint density at radius 3 is 2.94 bits per heavy atom. The zero-order valence-electron chi connectivity index (χ0n) is 8.99. The molecule has 3 rings (SSSR count). The number of nitrogens with zero attached hydrogens (tertiary/aromatic N) is 2. The van der Waals surface area contributed by atoms with Gasteiger partial charge in [-0.25, -0.2) is 4.98 Å². The maximum absolute atomic E-state index is 6.00. The van der Waals surface area contributed by atoms with E-state index in [9.17, 15) is 0 Å². The van der Waals surface area contributed by atoms with E-state index in [1.807, 2.05) is 18.3 Å². The molecule has 1 aliphatic carbocycles. The van der Waals surface area contributed by atoms with Crippen molar-refractivity contribution in [3.63, 3.8) is 0 Å². The normalized spacial score (nSPS) is 16.6. The summed E-state index contributed by atoms with van der Waals surface area (Å²) in [6.45, 7) is 0.469. The summed E-state index contributed by atoms with van der Waals surface area (Å²) in [4.78, 5) is 4.65. The zero-order chi connectivity index (χ0) is 11.1. The van der Waals surface area contributed by atoms with Gasteiger partial charge in [-0.3, -0.25) is 0 Å². The van der Waals surface area contributed by atoms with Crippen LogP contribution < -0.4 is 5.73 Å². The van der Waals surface area contributed by atoms with Crippen LogP contribution in [0.2, 0.25) is 5.02 Å². The molecule has 3 nitrogen and oxygen atoms in total. The number of halogens is 1. The highest BCUT2D eigenvalue weighted by molar-refractivity contribution is 6.30. The highest BCUT2D eigenvalue weighted by atomic mass is 35.5. The predicted molar refractivity (Wildman–Crippen MR) is 64.7 cm³/mol. The summed E-state index contributed by atoms with van der Waals surface area (Å²) in [5.74, 6) is 1.76. The molecule has 1 aliphatic rings. The summed E-state index contributed by atoms with van der Waals surface area (Å²) < 4.78 is 2.14. The lowest BCUT2D eigenvalue weighted by Gasteiger charge is -2.23. The van der Waals surface area contributed by atoms with E-state index in [0.29, 0.717) is 12.5 Å². The molecule has 84 valence electrons. The molecule has 0 radical (unpaired) electrons. The predicted octanol–water partition coefficient (Wildman–Crippen LogP) is 2.71. The van der Waals surface area contributed by atoms with Gasteiger partial charge in [0.05, 0.1) is 11.2 Å². The lowest BCUT2D eigenvalue weighted by atomic mass is 9.85. The first-order valence-electron chi connectivity index (χ1n) is 5.66. The van der Waals surface area contributed by atoms with Crippen molar-refractivity contribution in [1.82, 2.24) is 9.38 Å². The molecule has 1 fully saturated rings. The summed E-state index contributed by atoms with van der Waals surface area (Å²) in [5, 5.41) is 0.738. The topological polar surface area (TPSA) is 43.3 Å². The van der Waals surface area contributed by atoms with E-state index >= 15 is 0 Å². The lowest BCUT2D eigenvalue weighted by molar-refractivity contribution is 0.400. The molecule has 4 heteroatoms. The number of hydrogen-bond donors (Lipinski definition) is 1. The molecule has 0 aromatic carbocycles. The van der Waals surface area contributed by atoms with Crippen LogP contribution in [0.15, 0.2) is 18.3 Å². The van der Waals surface area contributed by atoms with Gasteiger partial charge in [0.15, 0.2) is 0 Å². The molecule has 2 N–H and O–H groups in total. The van der Waals surface area contributed by atoms with Crippen LogP contribution in [0, 0.1) is 0 Å². The van der Waals surface area contributed by atoms with Crippen LogP contribution in [-0.2, 0) is 6.54 Å². The number of pyridine rings is 1. The van der Waals surface area contributed by atoms with Crippen molar-refractivity contribution in [3.8, 4) is 0 Å². The van der Waals surface area contributed by atoms with Crippen LogP contribution in [0.3, 0.4) is 0 Å². The van der Waals surface area contributed by atoms with E-state index in [4.69, 9.17) is 17.3 Å². The molecule has 1 saturated carbocycles. The van der Waals surface area contributed by atoms with Crippen molar-refractivity contribution in [2.24, 2.45) is 5.73 Å². The number of nitrogens with two attached hydrogens (primary N) is 1. The largest absolute Gasteiger partial charge is 0.325 e. The third-order valence-corrected chi connectivity index (χ3v) is 3.61. The number of fused-ring (bicyclic) bond motifs is 1. The Balaban J connectivity index is 2.21. The first-order valence-corrected chi connectivity index (χ1v) is 6.04. The van der Waals surface area contributed by atoms with Gasteiger partial charge in [-0.05, 0) is 25.0 Å². The molecule has 0 unspecified atom stereocenters. The molecule has 16 heavy (non-hydrogen) atoms. The number of imidazole rings is 1. The molecule has 2 heterocycles. The van der Waals surface area contributed by atoms with Gasteiger partial charge < -0.3 is 10.1 Å². The Morgan fingerprint density at radius 1 is 1.50 bits per heavy atom. The first kappa shape index (κ1) is 10.1. The van der Waals surface area contributed by atoms with Gasteiger partial charge in [-0.2, -0.15) is 0 Å². The summed E-state index contributed by atoms with van der Waals surface area (Å²) >= 11 is 6.00. The quantitative estimate of drug-likeness (QED) is 0.870. The number of aromatic nitrogens is 2. The van der Waals surface area contributed by atoms with Crippen LogP contribution in [0.25, 0.3) is 5.52 Å². The highest BCUT2D eigenvalue weighted by Gasteiger charge is 2.25. The number of rotatable bonds is 2. The Hall–Kier alpha value is -1.06. The standard InChI is InChI=1S/C12H14ClN3/c13-9-4-5-16-11(6-9)10(7-14)15-12(16)8-2-1-3-8/h4-6,8H,1-3,7,14H2. The summed E-state index contributed by atoms with van der Waals surface area (Å²) in [6.07, 6.45) is 5.79. The van der Waals surface area contributed by atoms with E-state index in [1.165, 1.54) is 19.3 Å². The van der Waals surface area contributed by atoms with Crippen LogP contribution >= 0.6 is 11.6 Å². The number of hydrogen-bond acceptors (Lipinski definition) is 2. The lowest BCUT2D eigenvalue weighted by Crippen LogP contribution is -2.12. The molecule has 0 saturated heterocycles. The SMILES string of the molecule is NCc1nc(C2CCC2)n2ccc(Cl)cc12. The minimum Gasteiger partial charge on any atom is -0.325 e. The summed E-state index contributed by atoms with van der Waals surface area (Å²) in [7, 11) is 0. The van der Waals surface area contributed by atoms with Crippen molar-refractivity contribution in [1.29, 1.82) is 0 Å². The third kappa shape index (κ3) is 1.43. The first-order chi connectivity index (χ1) is 7.79. The Bertz CT molecular complexity index is 528. The average molecular weight is 236 g/mol. The van der Waals surface area contributed by atoms with Crippen LogP contribution in [-0.4, -0.2) is 9.38 Å². The minimum atomic E-state index is 0.469. The van der Waals surface area contributed by atoms with E-state index in [-0.39, 0.29) is 0 Å². The van der Waals surface area contributed by atoms with Gasteiger partial charge in [0, 0.05) is 23.7 Å². The van der Waals surface area contributed by atoms with Gasteiger partial charge in [0.2, 0.25) is 0 Å². The maximum Gasteiger partial charge on any atom is 0.116 e. The fourth-order valence-corrected chi connectivity index (χ4v) is 2.41. The van der Waals surface area contributed by atoms with Crippen molar-refractivity contribution in [2.75, 3.05) is 0 Å². The second-order valence-corrected chi connectivity index (χ2v) is 4.79. The van der Waals surface area contributed by atoms with E-state index in [0.717, 1.165) is 22.1 Å². The fraction of sp³-hybridized carbons (Fsp3) is 0.417. The molecule has 0 spiro atoms. The van der Waals surface area contributed by atoms with Crippen molar-refractivity contribution >= 4 is 17.1 Å². The van der Waals surface area contributed by atoms with Gasteiger partial charge in [0.25, 0.3) is 0 Å². The monoisotopic (exact) mass is 235 g/mol. The average Bonchev–Trinajstić information content (AvgIpc) is 2.54. The molecular weight excluding hydrogens is 222 g/mol. The molecule has 0 bridgehead atoms. The molecular formula is C12H14ClN3. The molecule has 0 amide bonds. The van der Waals surface area contributed by atoms with Crippen molar-refractivity contribution in [2.45, 2.75) is 31.7 Å². The highest BCUT2D eigenvalue weighted by Crippen LogP contribution is 2.36. The minimum absolute atomic E-state index is 0.469. The van der Waals surface area contributed by atoms with Crippen LogP contribution in [0.4, 0.5) is 0 Å². The van der Waals surface area contributed by atoms with Gasteiger partial charge in [-0.15, -0.1) is 0 Å². The van der Waals surface area contributed by atoms with Crippen LogP contribution in [0.1, 0.15) is 36.7 Å². The zero-order valence-corrected chi connectivity index (χ0v) is 9.74. The second-order valence-electron chi connectivity index (χ2n) is 4.35. The van der Waals surface area contributed by atoms with E-state index < -0.39 is 0 Å². The maximum atomic E-state index is 6.00. The van der Waals surface area contributed by atoms with Crippen molar-refractivity contribution < 1.29 is 0 Å².